The number of carbonyl (C=O) groups excluding carboxylic acids is 1. The number of halogens is 2. The zero-order valence-corrected chi connectivity index (χ0v) is 12.8. The number of aromatic nitrogens is 2. The van der Waals surface area contributed by atoms with Gasteiger partial charge in [-0.05, 0) is 18.6 Å². The summed E-state index contributed by atoms with van der Waals surface area (Å²) >= 11 is 0.972. The molecule has 0 bridgehead atoms. The van der Waals surface area contributed by atoms with Gasteiger partial charge in [0.2, 0.25) is 0 Å². The quantitative estimate of drug-likeness (QED) is 0.903. The van der Waals surface area contributed by atoms with Crippen LogP contribution in [0.3, 0.4) is 0 Å². The first-order chi connectivity index (χ1) is 11.1. The summed E-state index contributed by atoms with van der Waals surface area (Å²) in [5, 5.41) is 2.88. The fourth-order valence-electron chi connectivity index (χ4n) is 2.53. The van der Waals surface area contributed by atoms with E-state index in [1.165, 1.54) is 12.3 Å². The van der Waals surface area contributed by atoms with Crippen LogP contribution in [0.2, 0.25) is 0 Å². The average molecular weight is 340 g/mol. The van der Waals surface area contributed by atoms with Crippen molar-refractivity contribution in [3.63, 3.8) is 0 Å². The molecular formula is C14H14F2N4O2S. The van der Waals surface area contributed by atoms with E-state index in [1.807, 2.05) is 4.90 Å². The molecule has 1 saturated heterocycles. The molecule has 2 aromatic rings. The summed E-state index contributed by atoms with van der Waals surface area (Å²) in [6.07, 6.45) is 2.13. The van der Waals surface area contributed by atoms with Crippen LogP contribution < -0.4 is 15.0 Å². The molecule has 0 spiro atoms. The van der Waals surface area contributed by atoms with Crippen LogP contribution in [0.4, 0.5) is 14.5 Å². The number of nitrogens with zero attached hydrogens (tertiary/aromatic N) is 3. The van der Waals surface area contributed by atoms with E-state index >= 15 is 0 Å². The third-order valence-corrected chi connectivity index (χ3v) is 4.02. The topological polar surface area (TPSA) is 67.4 Å². The number of para-hydroxylation sites is 2. The van der Waals surface area contributed by atoms with Crippen molar-refractivity contribution in [2.24, 2.45) is 0 Å². The maximum Gasteiger partial charge on any atom is 0.387 e. The fourth-order valence-corrected chi connectivity index (χ4v) is 2.95. The van der Waals surface area contributed by atoms with E-state index in [0.29, 0.717) is 25.2 Å². The standard InChI is InChI=1S/C14H14F2N4O2S/c15-14(16)22-12-4-2-1-3-11(12)20-6-5-9(8-20)18-13(21)10-7-17-23-19-10/h1-4,7,9,14H,5-6,8H2,(H,18,21)/t9-/m0/s1. The van der Waals surface area contributed by atoms with Crippen molar-refractivity contribution in [1.82, 2.24) is 14.1 Å². The lowest BCUT2D eigenvalue weighted by Gasteiger charge is -2.21. The van der Waals surface area contributed by atoms with Crippen LogP contribution in [0.5, 0.6) is 5.75 Å². The fraction of sp³-hybridized carbons (Fsp3) is 0.357. The van der Waals surface area contributed by atoms with Crippen molar-refractivity contribution in [2.75, 3.05) is 18.0 Å². The van der Waals surface area contributed by atoms with Gasteiger partial charge in [-0.3, -0.25) is 4.79 Å². The van der Waals surface area contributed by atoms with Crippen molar-refractivity contribution >= 4 is 23.3 Å². The zero-order chi connectivity index (χ0) is 16.2. The number of hydrogen-bond donors (Lipinski definition) is 1. The van der Waals surface area contributed by atoms with Crippen molar-refractivity contribution in [1.29, 1.82) is 0 Å². The minimum absolute atomic E-state index is 0.0798. The Hall–Kier alpha value is -2.29. The Bertz CT molecular complexity index is 669. The van der Waals surface area contributed by atoms with Gasteiger partial charge in [0.1, 0.15) is 5.75 Å². The second-order valence-corrected chi connectivity index (χ2v) is 5.60. The molecule has 0 aliphatic carbocycles. The average Bonchev–Trinajstić information content (AvgIpc) is 3.18. The van der Waals surface area contributed by atoms with Crippen molar-refractivity contribution < 1.29 is 18.3 Å². The summed E-state index contributed by atoms with van der Waals surface area (Å²) in [6, 6.07) is 6.57. The van der Waals surface area contributed by atoms with E-state index in [0.717, 1.165) is 11.7 Å². The molecule has 0 radical (unpaired) electrons. The highest BCUT2D eigenvalue weighted by Crippen LogP contribution is 2.31. The highest BCUT2D eigenvalue weighted by Gasteiger charge is 2.27. The maximum absolute atomic E-state index is 12.5. The second-order valence-electron chi connectivity index (χ2n) is 5.04. The third kappa shape index (κ3) is 3.73. The molecular weight excluding hydrogens is 326 g/mol. The van der Waals surface area contributed by atoms with Crippen molar-refractivity contribution in [2.45, 2.75) is 19.1 Å². The van der Waals surface area contributed by atoms with E-state index in [-0.39, 0.29) is 23.4 Å². The molecule has 1 aliphatic rings. The van der Waals surface area contributed by atoms with Gasteiger partial charge in [0, 0.05) is 19.1 Å². The number of ether oxygens (including phenoxy) is 1. The number of carbonyl (C=O) groups is 1. The predicted octanol–water partition coefficient (Wildman–Crippen LogP) is 2.15. The molecule has 1 atom stereocenters. The number of nitrogens with one attached hydrogen (secondary N) is 1. The molecule has 0 saturated carbocycles. The monoisotopic (exact) mass is 340 g/mol. The molecule has 2 heterocycles. The molecule has 0 unspecified atom stereocenters. The van der Waals surface area contributed by atoms with Crippen LogP contribution in [0.15, 0.2) is 30.5 Å². The van der Waals surface area contributed by atoms with Crippen LogP contribution in [0.25, 0.3) is 0 Å². The van der Waals surface area contributed by atoms with Gasteiger partial charge in [0.15, 0.2) is 5.69 Å². The minimum Gasteiger partial charge on any atom is -0.433 e. The second kappa shape index (κ2) is 6.86. The van der Waals surface area contributed by atoms with E-state index in [2.05, 4.69) is 18.8 Å². The number of hydrogen-bond acceptors (Lipinski definition) is 6. The lowest BCUT2D eigenvalue weighted by Crippen LogP contribution is -2.37. The lowest BCUT2D eigenvalue weighted by atomic mass is 10.2. The van der Waals surface area contributed by atoms with Crippen molar-refractivity contribution in [3.05, 3.63) is 36.2 Å². The molecule has 1 amide bonds. The van der Waals surface area contributed by atoms with E-state index < -0.39 is 6.61 Å². The Balaban J connectivity index is 1.65. The first kappa shape index (κ1) is 15.6. The van der Waals surface area contributed by atoms with Gasteiger partial charge in [0.25, 0.3) is 5.91 Å². The van der Waals surface area contributed by atoms with E-state index in [9.17, 15) is 13.6 Å². The van der Waals surface area contributed by atoms with Crippen LogP contribution >= 0.6 is 11.7 Å². The van der Waals surface area contributed by atoms with Crippen LogP contribution in [-0.2, 0) is 0 Å². The molecule has 1 fully saturated rings. The first-order valence-electron chi connectivity index (χ1n) is 7.00. The summed E-state index contributed by atoms with van der Waals surface area (Å²) < 4.78 is 37.2. The zero-order valence-electron chi connectivity index (χ0n) is 12.0. The molecule has 23 heavy (non-hydrogen) atoms. The van der Waals surface area contributed by atoms with Crippen molar-refractivity contribution in [3.8, 4) is 5.75 Å². The molecule has 6 nitrogen and oxygen atoms in total. The maximum atomic E-state index is 12.5. The van der Waals surface area contributed by atoms with Crippen LogP contribution in [0, 0.1) is 0 Å². The molecule has 1 aromatic heterocycles. The van der Waals surface area contributed by atoms with E-state index in [4.69, 9.17) is 0 Å². The summed E-state index contributed by atoms with van der Waals surface area (Å²) in [5.74, 6) is -0.138. The van der Waals surface area contributed by atoms with Crippen LogP contribution in [0.1, 0.15) is 16.9 Å². The van der Waals surface area contributed by atoms with Crippen LogP contribution in [-0.4, -0.2) is 40.4 Å². The van der Waals surface area contributed by atoms with Gasteiger partial charge in [-0.15, -0.1) is 0 Å². The smallest absolute Gasteiger partial charge is 0.387 e. The number of benzene rings is 1. The largest absolute Gasteiger partial charge is 0.433 e. The van der Waals surface area contributed by atoms with Gasteiger partial charge in [-0.2, -0.15) is 17.5 Å². The minimum atomic E-state index is -2.87. The van der Waals surface area contributed by atoms with Gasteiger partial charge in [-0.25, -0.2) is 0 Å². The Morgan fingerprint density at radius 1 is 1.43 bits per heavy atom. The highest BCUT2D eigenvalue weighted by molar-refractivity contribution is 6.99. The predicted molar refractivity (Wildman–Crippen MR) is 81.1 cm³/mol. The Morgan fingerprint density at radius 2 is 2.26 bits per heavy atom. The third-order valence-electron chi connectivity index (χ3n) is 3.54. The van der Waals surface area contributed by atoms with Gasteiger partial charge in [0.05, 0.1) is 23.6 Å². The molecule has 1 aromatic carbocycles. The number of rotatable bonds is 5. The molecule has 1 aliphatic heterocycles. The van der Waals surface area contributed by atoms with Gasteiger partial charge < -0.3 is 15.0 Å². The number of amides is 1. The summed E-state index contributed by atoms with van der Waals surface area (Å²) in [5.41, 5.74) is 0.884. The molecule has 1 N–H and O–H groups in total. The SMILES string of the molecule is O=C(N[C@H]1CCN(c2ccccc2OC(F)F)C1)c1cnsn1. The summed E-state index contributed by atoms with van der Waals surface area (Å²) in [6.45, 7) is -1.71. The Kier molecular flexibility index (Phi) is 4.65. The number of anilines is 1. The lowest BCUT2D eigenvalue weighted by molar-refractivity contribution is -0.0495. The highest BCUT2D eigenvalue weighted by atomic mass is 32.1. The Labute approximate surface area is 135 Å². The van der Waals surface area contributed by atoms with Gasteiger partial charge in [-0.1, -0.05) is 12.1 Å². The summed E-state index contributed by atoms with van der Waals surface area (Å²) in [7, 11) is 0. The summed E-state index contributed by atoms with van der Waals surface area (Å²) in [4.78, 5) is 13.9. The van der Waals surface area contributed by atoms with E-state index in [1.54, 1.807) is 18.2 Å². The normalized spacial score (nSPS) is 17.5. The molecule has 3 rings (SSSR count). The first-order valence-corrected chi connectivity index (χ1v) is 7.73. The molecule has 122 valence electrons. The Morgan fingerprint density at radius 3 is 3.00 bits per heavy atom. The molecule has 9 heteroatoms. The number of alkyl halides is 2. The van der Waals surface area contributed by atoms with Gasteiger partial charge >= 0.3 is 6.61 Å².